The average molecular weight is 455 g/mol. The van der Waals surface area contributed by atoms with E-state index in [2.05, 4.69) is 92.8 Å². The van der Waals surface area contributed by atoms with Crippen LogP contribution in [-0.4, -0.2) is 13.1 Å². The minimum absolute atomic E-state index is 1.03. The van der Waals surface area contributed by atoms with Crippen LogP contribution in [0.2, 0.25) is 0 Å². The highest BCUT2D eigenvalue weighted by Gasteiger charge is 2.14. The predicted molar refractivity (Wildman–Crippen MR) is 142 cm³/mol. The number of benzene rings is 2. The van der Waals surface area contributed by atoms with Crippen LogP contribution < -0.4 is 19.8 Å². The summed E-state index contributed by atoms with van der Waals surface area (Å²) in [6, 6.07) is 22.2. The zero-order valence-corrected chi connectivity index (χ0v) is 20.3. The molecule has 2 aromatic heterocycles. The van der Waals surface area contributed by atoms with Gasteiger partial charge in [0.2, 0.25) is 11.0 Å². The fourth-order valence-corrected chi connectivity index (χ4v) is 5.24. The average Bonchev–Trinajstić information content (AvgIpc) is 2.88. The molecule has 2 N–H and O–H groups in total. The lowest BCUT2D eigenvalue weighted by Gasteiger charge is -2.11. The van der Waals surface area contributed by atoms with Crippen molar-refractivity contribution < 1.29 is 9.13 Å². The van der Waals surface area contributed by atoms with Gasteiger partial charge in [0.1, 0.15) is 13.1 Å². The van der Waals surface area contributed by atoms with Crippen LogP contribution in [0.5, 0.6) is 0 Å². The van der Waals surface area contributed by atoms with Crippen molar-refractivity contribution in [3.63, 3.8) is 0 Å². The zero-order chi connectivity index (χ0) is 23.0. The number of anilines is 2. The third-order valence-corrected chi connectivity index (χ3v) is 7.13. The summed E-state index contributed by atoms with van der Waals surface area (Å²) < 4.78 is 4.86. The Morgan fingerprint density at radius 1 is 0.471 bits per heavy atom. The van der Waals surface area contributed by atoms with E-state index < -0.39 is 0 Å². The van der Waals surface area contributed by atoms with Crippen molar-refractivity contribution >= 4 is 33.2 Å². The maximum absolute atomic E-state index is 3.70. The Morgan fingerprint density at radius 2 is 0.912 bits per heavy atom. The van der Waals surface area contributed by atoms with Gasteiger partial charge in [0.15, 0.2) is 12.4 Å². The van der Waals surface area contributed by atoms with Crippen molar-refractivity contribution in [3.05, 3.63) is 73.1 Å². The summed E-state index contributed by atoms with van der Waals surface area (Å²) in [5, 5.41) is 10.1. The normalized spacial score (nSPS) is 16.5. The Kier molecular flexibility index (Phi) is 7.54. The Morgan fingerprint density at radius 3 is 1.41 bits per heavy atom. The SMILES string of the molecule is c1ccc2c(c1)c1cc[n+]2CCCCCC[n+]2ccc(c3ccccc32)NCCCCCCN1. The standard InChI is InChI=1S/C30H36N4/c1-2-10-20-32-28-18-24-34(30-16-8-6-14-26(28)30)22-12-4-3-11-21-33-23-17-27(31-19-9-1)25-13-5-7-15-29(25)33/h5-8,13-18,23-24H,1-4,9-12,19-22H2/p+2. The lowest BCUT2D eigenvalue weighted by Crippen LogP contribution is -2.35. The van der Waals surface area contributed by atoms with Gasteiger partial charge in [-0.1, -0.05) is 37.1 Å². The molecule has 2 aliphatic heterocycles. The van der Waals surface area contributed by atoms with Gasteiger partial charge >= 0.3 is 0 Å². The number of para-hydroxylation sites is 2. The van der Waals surface area contributed by atoms with Crippen molar-refractivity contribution in [2.75, 3.05) is 23.7 Å². The quantitative estimate of drug-likeness (QED) is 0.309. The summed E-state index contributed by atoms with van der Waals surface area (Å²) in [4.78, 5) is 0. The molecule has 0 amide bonds. The smallest absolute Gasteiger partial charge is 0.214 e. The summed E-state index contributed by atoms with van der Waals surface area (Å²) in [7, 11) is 0. The zero-order valence-electron chi connectivity index (χ0n) is 20.3. The van der Waals surface area contributed by atoms with Crippen molar-refractivity contribution in [1.29, 1.82) is 0 Å². The number of aryl methyl sites for hydroxylation is 2. The van der Waals surface area contributed by atoms with Crippen LogP contribution in [0, 0.1) is 0 Å². The molecule has 0 unspecified atom stereocenters. The van der Waals surface area contributed by atoms with Gasteiger partial charge in [-0.3, -0.25) is 0 Å². The predicted octanol–water partition coefficient (Wildman–Crippen LogP) is 6.23. The van der Waals surface area contributed by atoms with Crippen LogP contribution in [-0.2, 0) is 13.1 Å². The summed E-state index contributed by atoms with van der Waals surface area (Å²) in [5.74, 6) is 0. The van der Waals surface area contributed by atoms with Gasteiger partial charge in [0.25, 0.3) is 0 Å². The maximum Gasteiger partial charge on any atom is 0.214 e. The van der Waals surface area contributed by atoms with Crippen LogP contribution in [0.25, 0.3) is 21.8 Å². The van der Waals surface area contributed by atoms with Crippen molar-refractivity contribution in [3.8, 4) is 0 Å². The summed E-state index contributed by atoms with van der Waals surface area (Å²) in [6.45, 7) is 4.23. The molecule has 4 bridgehead atoms. The molecule has 4 heteroatoms. The van der Waals surface area contributed by atoms with Gasteiger partial charge < -0.3 is 10.6 Å². The molecule has 176 valence electrons. The highest BCUT2D eigenvalue weighted by Crippen LogP contribution is 2.22. The monoisotopic (exact) mass is 454 g/mol. The first-order valence-electron chi connectivity index (χ1n) is 13.2. The van der Waals surface area contributed by atoms with Gasteiger partial charge in [0.05, 0.1) is 22.1 Å². The molecule has 0 aliphatic carbocycles. The molecule has 0 saturated carbocycles. The van der Waals surface area contributed by atoms with Gasteiger partial charge in [-0.05, 0) is 37.8 Å². The van der Waals surface area contributed by atoms with Crippen LogP contribution in [0.1, 0.15) is 51.4 Å². The molecule has 0 fully saturated rings. The Labute approximate surface area is 203 Å². The number of hydrogen-bond acceptors (Lipinski definition) is 2. The molecule has 4 nitrogen and oxygen atoms in total. The highest BCUT2D eigenvalue weighted by atomic mass is 15.0. The Hall–Kier alpha value is -3.14. The summed E-state index contributed by atoms with van der Waals surface area (Å²) in [6.07, 6.45) is 14.4. The van der Waals surface area contributed by atoms with E-state index in [0.29, 0.717) is 0 Å². The molecule has 0 spiro atoms. The second kappa shape index (κ2) is 11.3. The number of rotatable bonds is 0. The van der Waals surface area contributed by atoms with E-state index in [1.54, 1.807) is 0 Å². The van der Waals surface area contributed by atoms with E-state index in [9.17, 15) is 0 Å². The first-order chi connectivity index (χ1) is 16.9. The third-order valence-electron chi connectivity index (χ3n) is 7.13. The molecule has 34 heavy (non-hydrogen) atoms. The molecule has 4 heterocycles. The van der Waals surface area contributed by atoms with Crippen LogP contribution in [0.15, 0.2) is 73.1 Å². The minimum atomic E-state index is 1.03. The number of aromatic nitrogens is 2. The largest absolute Gasteiger partial charge is 0.384 e. The second-order valence-electron chi connectivity index (χ2n) is 9.56. The van der Waals surface area contributed by atoms with E-state index in [0.717, 1.165) is 26.2 Å². The number of fused-ring (bicyclic) bond motifs is 14. The number of hydrogen-bond donors (Lipinski definition) is 2. The van der Waals surface area contributed by atoms with E-state index in [4.69, 9.17) is 0 Å². The van der Waals surface area contributed by atoms with Gasteiger partial charge in [-0.2, -0.15) is 9.13 Å². The second-order valence-corrected chi connectivity index (χ2v) is 9.56. The Bertz CT molecular complexity index is 1140. The molecule has 0 radical (unpaired) electrons. The van der Waals surface area contributed by atoms with Crippen molar-refractivity contribution in [2.45, 2.75) is 64.5 Å². The first kappa shape index (κ1) is 22.6. The number of nitrogens with zero attached hydrogens (tertiary/aromatic N) is 2. The molecule has 2 aliphatic rings. The van der Waals surface area contributed by atoms with Gasteiger partial charge in [-0.25, -0.2) is 0 Å². The summed E-state index contributed by atoms with van der Waals surface area (Å²) >= 11 is 0. The molecule has 0 atom stereocenters. The topological polar surface area (TPSA) is 31.8 Å². The lowest BCUT2D eigenvalue weighted by atomic mass is 10.1. The van der Waals surface area contributed by atoms with E-state index in [-0.39, 0.29) is 0 Å². The molecular formula is C30H38N4+2. The van der Waals surface area contributed by atoms with Crippen molar-refractivity contribution in [2.24, 2.45) is 0 Å². The highest BCUT2D eigenvalue weighted by molar-refractivity contribution is 5.89. The Balaban J connectivity index is 1.32. The molecular weight excluding hydrogens is 416 g/mol. The van der Waals surface area contributed by atoms with E-state index >= 15 is 0 Å². The van der Waals surface area contributed by atoms with Crippen LogP contribution >= 0.6 is 0 Å². The van der Waals surface area contributed by atoms with E-state index in [1.165, 1.54) is 84.5 Å². The molecule has 4 aromatic rings. The fourth-order valence-electron chi connectivity index (χ4n) is 5.24. The number of nitrogens with one attached hydrogen (secondary N) is 2. The van der Waals surface area contributed by atoms with Gasteiger partial charge in [0, 0.05) is 50.2 Å². The van der Waals surface area contributed by atoms with E-state index in [1.807, 2.05) is 0 Å². The van der Waals surface area contributed by atoms with Crippen LogP contribution in [0.4, 0.5) is 11.4 Å². The summed E-state index contributed by atoms with van der Waals surface area (Å²) in [5.41, 5.74) is 5.20. The third kappa shape index (κ3) is 5.32. The van der Waals surface area contributed by atoms with Gasteiger partial charge in [-0.15, -0.1) is 0 Å². The molecule has 6 rings (SSSR count). The number of pyridine rings is 2. The molecule has 0 saturated heterocycles. The van der Waals surface area contributed by atoms with Crippen LogP contribution in [0.3, 0.4) is 0 Å². The lowest BCUT2D eigenvalue weighted by molar-refractivity contribution is -0.673. The minimum Gasteiger partial charge on any atom is -0.384 e. The molecule has 2 aromatic carbocycles. The fraction of sp³-hybridized carbons (Fsp3) is 0.400. The van der Waals surface area contributed by atoms with Crippen molar-refractivity contribution in [1.82, 2.24) is 0 Å². The maximum atomic E-state index is 3.70. The first-order valence-corrected chi connectivity index (χ1v) is 13.2.